The molecule has 9 rings (SSSR count). The summed E-state index contributed by atoms with van der Waals surface area (Å²) in [5, 5.41) is 0. The number of nitrogens with zero attached hydrogens (tertiary/aromatic N) is 9. The van der Waals surface area contributed by atoms with E-state index >= 15 is 0 Å². The predicted molar refractivity (Wildman–Crippen MR) is 461 cm³/mol. The van der Waals surface area contributed by atoms with Crippen LogP contribution in [0.5, 0.6) is 0 Å². The highest BCUT2D eigenvalue weighted by Gasteiger charge is 2.15. The van der Waals surface area contributed by atoms with Crippen LogP contribution < -0.4 is 0 Å². The van der Waals surface area contributed by atoms with Gasteiger partial charge in [0.05, 0.1) is 0 Å². The highest BCUT2D eigenvalue weighted by Crippen LogP contribution is 2.11. The van der Waals surface area contributed by atoms with E-state index in [1.807, 2.05) is 151 Å². The maximum atomic E-state index is 10.9. The minimum absolute atomic E-state index is 0. The number of carbonyl (C=O) groups is 3. The third kappa shape index (κ3) is 116. The maximum Gasteiger partial charge on any atom is 0.222 e. The van der Waals surface area contributed by atoms with Gasteiger partial charge in [0.1, 0.15) is 0 Å². The predicted octanol–water partition coefficient (Wildman–Crippen LogP) is 24.9. The molecule has 0 aromatic heterocycles. The minimum Gasteiger partial charge on any atom is -0.346 e. The van der Waals surface area contributed by atoms with E-state index in [2.05, 4.69) is 71.7 Å². The van der Waals surface area contributed by atoms with Crippen LogP contribution in [0.25, 0.3) is 0 Å². The zero-order valence-corrected chi connectivity index (χ0v) is 64.9. The molecule has 9 heterocycles. The molecule has 0 unspecified atom stereocenters. The van der Waals surface area contributed by atoms with Crippen molar-refractivity contribution < 1.29 is 14.4 Å². The van der Waals surface area contributed by atoms with Gasteiger partial charge in [-0.3, -0.25) is 14.4 Å². The van der Waals surface area contributed by atoms with E-state index in [9.17, 15) is 14.4 Å². The van der Waals surface area contributed by atoms with E-state index in [0.29, 0.717) is 17.7 Å². The molecule has 12 nitrogen and oxygen atoms in total. The highest BCUT2D eigenvalue weighted by atomic mass is 16.2. The molecule has 9 saturated heterocycles. The van der Waals surface area contributed by atoms with Crippen molar-refractivity contribution in [1.82, 2.24) is 44.1 Å². The Labute approximate surface area is 619 Å². The molecule has 9 fully saturated rings. The van der Waals surface area contributed by atoms with Gasteiger partial charge in [-0.25, -0.2) is 0 Å². The average Bonchev–Trinajstić information content (AvgIpc) is 1.73. The fourth-order valence-electron chi connectivity index (χ4n) is 9.51. The van der Waals surface area contributed by atoms with Crippen LogP contribution in [0.15, 0.2) is 0 Å². The maximum absolute atomic E-state index is 10.9. The Balaban J connectivity index is -0.0000000392. The van der Waals surface area contributed by atoms with Crippen LogP contribution >= 0.6 is 0 Å². The van der Waals surface area contributed by atoms with E-state index < -0.39 is 0 Å². The minimum atomic E-state index is 0. The number of amides is 3. The van der Waals surface area contributed by atoms with Gasteiger partial charge in [0, 0.05) is 60.0 Å². The Bertz CT molecular complexity index is 1100. The van der Waals surface area contributed by atoms with Gasteiger partial charge in [-0.1, -0.05) is 257 Å². The molecule has 9 aliphatic rings. The molecule has 0 N–H and O–H groups in total. The Kier molecular flexibility index (Phi) is 195. The Morgan fingerprint density at radius 2 is 0.260 bits per heavy atom. The molecule has 0 spiro atoms. The van der Waals surface area contributed by atoms with E-state index in [0.717, 1.165) is 58.2 Å². The molecule has 0 aliphatic carbocycles. The lowest BCUT2D eigenvalue weighted by atomic mass is 10.1. The van der Waals surface area contributed by atoms with Crippen molar-refractivity contribution in [1.29, 1.82) is 0 Å². The summed E-state index contributed by atoms with van der Waals surface area (Å²) in [7, 11) is 18.8. The largest absolute Gasteiger partial charge is 0.346 e. The summed E-state index contributed by atoms with van der Waals surface area (Å²) in [6.45, 7) is 54.7. The number of hydrogen-bond donors (Lipinski definition) is 0. The summed E-state index contributed by atoms with van der Waals surface area (Å²) in [6.07, 6.45) is 37.6. The lowest BCUT2D eigenvalue weighted by molar-refractivity contribution is -0.132. The van der Waals surface area contributed by atoms with Gasteiger partial charge in [-0.15, -0.1) is 0 Å². The van der Waals surface area contributed by atoms with Crippen molar-refractivity contribution >= 4 is 17.7 Å². The molecule has 0 aromatic rings. The normalized spacial score (nSPS) is 17.5. The van der Waals surface area contributed by atoms with Gasteiger partial charge >= 0.3 is 0 Å². The van der Waals surface area contributed by atoms with Crippen LogP contribution in [-0.2, 0) is 14.4 Å². The quantitative estimate of drug-likeness (QED) is 0.236. The monoisotopic (exact) mass is 1390 g/mol. The first-order chi connectivity index (χ1) is 41.8. The van der Waals surface area contributed by atoms with E-state index in [4.69, 9.17) is 0 Å². The molecule has 0 saturated carbocycles. The molecule has 0 radical (unpaired) electrons. The second-order valence-electron chi connectivity index (χ2n) is 21.7. The highest BCUT2D eigenvalue weighted by molar-refractivity contribution is 5.77. The number of likely N-dealkylation sites (tertiary alicyclic amines) is 9. The molecule has 0 aromatic carbocycles. The second-order valence-corrected chi connectivity index (χ2v) is 21.7. The number of rotatable bonds is 0. The van der Waals surface area contributed by atoms with Crippen LogP contribution in [0.4, 0.5) is 0 Å². The van der Waals surface area contributed by atoms with Gasteiger partial charge in [0.25, 0.3) is 0 Å². The fourth-order valence-corrected chi connectivity index (χ4v) is 9.51. The zero-order valence-electron chi connectivity index (χ0n) is 64.9. The molecule has 0 bridgehead atoms. The van der Waals surface area contributed by atoms with Crippen LogP contribution in [-0.4, -0.2) is 223 Å². The average molecular weight is 1390 g/mol. The standard InChI is InChI=1S/C7H13NO.3C7H15N.C6H11NO.2C6H13N.C5H9NO.C5H11N.9C2H6.10CH4/c1-8-6-4-2-3-5-7(8)9;3*1-8-6-4-2-3-5-7-8;1-7-5-3-2-4-6(7)8;2*1-7-5-3-2-4-6-7;1-6-4-2-3-5(6)7;1-6-4-2-3-5-6;9*1-2;;;;;;;;;;/h2-6H2,1H3;3*2-7H2,1H3;2-5H2,1H3;2*2-6H2,1H3;2-4H2,1H3;2-5H2,1H3;9*1-2H3;10*1H4. The first-order valence-corrected chi connectivity index (χ1v) is 37.6. The lowest BCUT2D eigenvalue weighted by Gasteiger charge is -2.21. The molecule has 12 heteroatoms. The van der Waals surface area contributed by atoms with Crippen LogP contribution in [0.3, 0.4) is 0 Å². The SMILES string of the molecule is C.C.C.C.C.C.C.C.C.C.CC.CC.CC.CC.CC.CC.CC.CC.CC.CN1CCCC1.CN1CCCC1=O.CN1CCCCC1.CN1CCCCC1.CN1CCCCC1=O.CN1CCCCCC1.CN1CCCCCC1.CN1CCCCCC1.CN1CCCCCC1=O. The number of hydrogen-bond acceptors (Lipinski definition) is 9. The van der Waals surface area contributed by atoms with Gasteiger partial charge in [0.15, 0.2) is 0 Å². The fraction of sp³-hybridized carbons (Fsp3) is 0.964. The van der Waals surface area contributed by atoms with Crippen molar-refractivity contribution in [3.05, 3.63) is 0 Å². The zero-order chi connectivity index (χ0) is 68.0. The number of piperidine rings is 3. The van der Waals surface area contributed by atoms with Gasteiger partial charge in [-0.05, 0) is 230 Å². The Morgan fingerprint density at radius 1 is 0.156 bits per heavy atom. The molecule has 608 valence electrons. The molecule has 0 atom stereocenters. The Morgan fingerprint density at radius 3 is 0.417 bits per heavy atom. The van der Waals surface area contributed by atoms with Crippen molar-refractivity contribution in [3.63, 3.8) is 0 Å². The number of carbonyl (C=O) groups excluding carboxylic acids is 3. The van der Waals surface area contributed by atoms with Gasteiger partial charge in [-0.2, -0.15) is 0 Å². The molecular formula is C84H209N9O3. The first-order valence-electron chi connectivity index (χ1n) is 37.6. The third-order valence-corrected chi connectivity index (χ3v) is 14.7. The summed E-state index contributed by atoms with van der Waals surface area (Å²) in [5.74, 6) is 0.906. The third-order valence-electron chi connectivity index (χ3n) is 14.7. The molecule has 3 amide bonds. The summed E-state index contributed by atoms with van der Waals surface area (Å²) in [5.41, 5.74) is 0. The van der Waals surface area contributed by atoms with E-state index in [1.165, 1.54) is 226 Å². The molecular weight excluding hydrogens is 1180 g/mol. The van der Waals surface area contributed by atoms with Crippen molar-refractivity contribution in [3.8, 4) is 0 Å². The topological polar surface area (TPSA) is 80.4 Å². The first kappa shape index (κ1) is 145. The summed E-state index contributed by atoms with van der Waals surface area (Å²) in [6, 6.07) is 0. The van der Waals surface area contributed by atoms with E-state index in [-0.39, 0.29) is 74.3 Å². The summed E-state index contributed by atoms with van der Waals surface area (Å²) in [4.78, 5) is 52.0. The van der Waals surface area contributed by atoms with Gasteiger partial charge < -0.3 is 44.1 Å². The van der Waals surface area contributed by atoms with Gasteiger partial charge in [0.2, 0.25) is 17.7 Å². The lowest BCUT2D eigenvalue weighted by Crippen LogP contribution is -2.31. The second kappa shape index (κ2) is 130. The van der Waals surface area contributed by atoms with Crippen molar-refractivity contribution in [2.24, 2.45) is 0 Å². The van der Waals surface area contributed by atoms with Crippen molar-refractivity contribution in [2.45, 2.75) is 385 Å². The van der Waals surface area contributed by atoms with Crippen LogP contribution in [0, 0.1) is 0 Å². The van der Waals surface area contributed by atoms with E-state index in [1.54, 1.807) is 9.80 Å². The summed E-state index contributed by atoms with van der Waals surface area (Å²) < 4.78 is 0. The molecule has 9 aliphatic heterocycles. The van der Waals surface area contributed by atoms with Crippen molar-refractivity contribution in [2.75, 3.05) is 162 Å². The Hall–Kier alpha value is -1.83. The smallest absolute Gasteiger partial charge is 0.222 e. The van der Waals surface area contributed by atoms with Crippen LogP contribution in [0.2, 0.25) is 0 Å². The van der Waals surface area contributed by atoms with Crippen LogP contribution in [0.1, 0.15) is 385 Å². The summed E-state index contributed by atoms with van der Waals surface area (Å²) >= 11 is 0. The molecule has 96 heavy (non-hydrogen) atoms.